The molecule has 0 saturated heterocycles. The lowest BCUT2D eigenvalue weighted by atomic mass is 9.60. The molecule has 3 aromatic heterocycles. The number of fused-ring (bicyclic) bond motifs is 2. The third kappa shape index (κ3) is 5.03. The van der Waals surface area contributed by atoms with E-state index in [1.54, 1.807) is 23.0 Å². The molecule has 228 valence electrons. The molecule has 0 bridgehead atoms. The number of carbonyl (C=O) groups excluding carboxylic acids is 1. The molecule has 44 heavy (non-hydrogen) atoms. The summed E-state index contributed by atoms with van der Waals surface area (Å²) in [6.45, 7) is 0. The van der Waals surface area contributed by atoms with E-state index >= 15 is 0 Å². The smallest absolute Gasteiger partial charge is 0.356 e. The SMILES string of the molecule is Cn1ccc(S(=O)N(C2CC2)C2CCC3=Cc4c(cnn4-c4ccc(F)cc4)CC3(C(=O)c3cc(C(F)(F)F)ccn3)C2)c1. The standard InChI is InChI=1S/C32H29F4N5O2S/c1-39-13-11-27(19-39)44(43)41(25-8-9-25)26-5-2-21-15-29-20(18-38-40(29)24-6-3-23(33)4-7-24)16-31(21,17-26)30(42)28-14-22(10-12-37-28)32(34,35)36/h3-4,6-7,10-15,18-19,25-26H,2,5,8-9,16-17H2,1H3. The first kappa shape index (κ1) is 28.8. The quantitative estimate of drug-likeness (QED) is 0.179. The minimum atomic E-state index is -4.63. The molecule has 12 heteroatoms. The van der Waals surface area contributed by atoms with Crippen molar-refractivity contribution in [1.82, 2.24) is 23.6 Å². The maximum absolute atomic E-state index is 14.5. The highest BCUT2D eigenvalue weighted by molar-refractivity contribution is 7.82. The van der Waals surface area contributed by atoms with E-state index < -0.39 is 33.9 Å². The molecule has 0 amide bonds. The molecule has 3 atom stereocenters. The summed E-state index contributed by atoms with van der Waals surface area (Å²) in [7, 11) is 0.396. The number of Topliss-reactive ketones (excluding diaryl/α,β-unsaturated/α-hetero) is 1. The number of rotatable bonds is 7. The Morgan fingerprint density at radius 1 is 1.09 bits per heavy atom. The van der Waals surface area contributed by atoms with Gasteiger partial charge in [-0.1, -0.05) is 5.57 Å². The molecule has 3 heterocycles. The largest absolute Gasteiger partial charge is 0.416 e. The lowest BCUT2D eigenvalue weighted by Gasteiger charge is -2.46. The second-order valence-corrected chi connectivity index (χ2v) is 13.3. The molecule has 3 aliphatic carbocycles. The van der Waals surface area contributed by atoms with Gasteiger partial charge in [-0.05, 0) is 92.6 Å². The summed E-state index contributed by atoms with van der Waals surface area (Å²) in [5, 5.41) is 4.54. The second-order valence-electron chi connectivity index (χ2n) is 11.9. The van der Waals surface area contributed by atoms with Crippen molar-refractivity contribution in [3.63, 3.8) is 0 Å². The average Bonchev–Trinajstić information content (AvgIpc) is 3.61. The van der Waals surface area contributed by atoms with Crippen LogP contribution >= 0.6 is 0 Å². The van der Waals surface area contributed by atoms with Crippen molar-refractivity contribution in [3.05, 3.63) is 101 Å². The van der Waals surface area contributed by atoms with Crippen LogP contribution in [0.1, 0.15) is 59.4 Å². The van der Waals surface area contributed by atoms with Gasteiger partial charge in [0.2, 0.25) is 0 Å². The normalized spacial score (nSPS) is 22.3. The van der Waals surface area contributed by atoms with Crippen molar-refractivity contribution in [2.24, 2.45) is 12.5 Å². The summed E-state index contributed by atoms with van der Waals surface area (Å²) in [6.07, 6.45) is 7.01. The Balaban J connectivity index is 1.31. The zero-order chi connectivity index (χ0) is 30.8. The van der Waals surface area contributed by atoms with Crippen molar-refractivity contribution in [2.75, 3.05) is 0 Å². The van der Waals surface area contributed by atoms with Crippen molar-refractivity contribution in [1.29, 1.82) is 0 Å². The first-order valence-electron chi connectivity index (χ1n) is 14.5. The van der Waals surface area contributed by atoms with Gasteiger partial charge in [-0.3, -0.25) is 9.78 Å². The summed E-state index contributed by atoms with van der Waals surface area (Å²) < 4.78 is 74.1. The fraction of sp³-hybridized carbons (Fsp3) is 0.344. The van der Waals surface area contributed by atoms with Crippen LogP contribution in [-0.4, -0.2) is 45.7 Å². The van der Waals surface area contributed by atoms with Crippen LogP contribution in [0.4, 0.5) is 17.6 Å². The molecule has 0 radical (unpaired) electrons. The fourth-order valence-corrected chi connectivity index (χ4v) is 8.28. The van der Waals surface area contributed by atoms with E-state index in [1.165, 1.54) is 12.1 Å². The maximum atomic E-state index is 14.5. The Labute approximate surface area is 253 Å². The molecule has 0 aliphatic heterocycles. The van der Waals surface area contributed by atoms with Crippen LogP contribution in [0.2, 0.25) is 0 Å². The maximum Gasteiger partial charge on any atom is 0.416 e. The highest BCUT2D eigenvalue weighted by Gasteiger charge is 2.53. The van der Waals surface area contributed by atoms with E-state index in [1.807, 2.05) is 40.5 Å². The number of carbonyl (C=O) groups is 1. The van der Waals surface area contributed by atoms with Gasteiger partial charge in [0.1, 0.15) is 22.5 Å². The summed E-state index contributed by atoms with van der Waals surface area (Å²) in [6, 6.07) is 9.29. The number of hydrogen-bond donors (Lipinski definition) is 0. The Morgan fingerprint density at radius 2 is 1.86 bits per heavy atom. The Hall–Kier alpha value is -3.90. The van der Waals surface area contributed by atoms with Gasteiger partial charge in [0.15, 0.2) is 5.78 Å². The molecule has 3 unspecified atom stereocenters. The summed E-state index contributed by atoms with van der Waals surface area (Å²) in [5.74, 6) is -0.862. The van der Waals surface area contributed by atoms with E-state index in [0.29, 0.717) is 23.4 Å². The van der Waals surface area contributed by atoms with Crippen molar-refractivity contribution in [3.8, 4) is 5.69 Å². The lowest BCUT2D eigenvalue weighted by Crippen LogP contribution is -2.50. The fourth-order valence-electron chi connectivity index (χ4n) is 6.67. The van der Waals surface area contributed by atoms with Crippen LogP contribution in [0.15, 0.2) is 77.7 Å². The highest BCUT2D eigenvalue weighted by Crippen LogP contribution is 2.52. The average molecular weight is 624 g/mol. The first-order chi connectivity index (χ1) is 21.0. The monoisotopic (exact) mass is 623 g/mol. The number of benzene rings is 1. The van der Waals surface area contributed by atoms with E-state index in [-0.39, 0.29) is 36.4 Å². The van der Waals surface area contributed by atoms with Gasteiger partial charge >= 0.3 is 6.18 Å². The molecule has 3 aliphatic rings. The summed E-state index contributed by atoms with van der Waals surface area (Å²) >= 11 is 0. The minimum Gasteiger partial charge on any atom is -0.356 e. The molecule has 2 saturated carbocycles. The number of aryl methyl sites for hydroxylation is 1. The van der Waals surface area contributed by atoms with Crippen molar-refractivity contribution in [2.45, 2.75) is 61.7 Å². The van der Waals surface area contributed by atoms with E-state index in [0.717, 1.165) is 48.0 Å². The molecule has 1 aromatic carbocycles. The number of hydrogen-bond acceptors (Lipinski definition) is 4. The molecule has 0 spiro atoms. The molecular formula is C32H29F4N5O2S. The third-order valence-electron chi connectivity index (χ3n) is 8.93. The van der Waals surface area contributed by atoms with Crippen molar-refractivity contribution >= 4 is 22.8 Å². The van der Waals surface area contributed by atoms with Gasteiger partial charge < -0.3 is 4.57 Å². The first-order valence-corrected chi connectivity index (χ1v) is 15.6. The topological polar surface area (TPSA) is 73.0 Å². The Morgan fingerprint density at radius 3 is 2.55 bits per heavy atom. The van der Waals surface area contributed by atoms with Gasteiger partial charge in [-0.2, -0.15) is 18.3 Å². The zero-order valence-corrected chi connectivity index (χ0v) is 24.6. The van der Waals surface area contributed by atoms with E-state index in [9.17, 15) is 26.6 Å². The Kier molecular flexibility index (Phi) is 6.96. The molecule has 0 N–H and O–H groups in total. The number of ketones is 1. The lowest BCUT2D eigenvalue weighted by molar-refractivity contribution is -0.137. The molecule has 2 fully saturated rings. The van der Waals surface area contributed by atoms with Crippen LogP contribution < -0.4 is 0 Å². The van der Waals surface area contributed by atoms with E-state index in [2.05, 4.69) is 10.1 Å². The van der Waals surface area contributed by atoms with Crippen LogP contribution in [0.5, 0.6) is 0 Å². The third-order valence-corrected chi connectivity index (χ3v) is 10.5. The molecular weight excluding hydrogens is 594 g/mol. The number of pyridine rings is 1. The van der Waals surface area contributed by atoms with Crippen LogP contribution in [-0.2, 0) is 30.6 Å². The zero-order valence-electron chi connectivity index (χ0n) is 23.8. The number of nitrogens with zero attached hydrogens (tertiary/aromatic N) is 5. The van der Waals surface area contributed by atoms with Crippen LogP contribution in [0, 0.1) is 11.2 Å². The molecule has 7 rings (SSSR count). The molecule has 7 nitrogen and oxygen atoms in total. The van der Waals surface area contributed by atoms with Crippen LogP contribution in [0.3, 0.4) is 0 Å². The van der Waals surface area contributed by atoms with Crippen LogP contribution in [0.25, 0.3) is 11.8 Å². The minimum absolute atomic E-state index is 0.103. The number of alkyl halides is 3. The highest BCUT2D eigenvalue weighted by atomic mass is 32.2. The van der Waals surface area contributed by atoms with Gasteiger partial charge in [0.25, 0.3) is 0 Å². The predicted octanol–water partition coefficient (Wildman–Crippen LogP) is 6.31. The predicted molar refractivity (Wildman–Crippen MR) is 156 cm³/mol. The van der Waals surface area contributed by atoms with Gasteiger partial charge in [0, 0.05) is 37.7 Å². The van der Waals surface area contributed by atoms with Gasteiger partial charge in [-0.15, -0.1) is 0 Å². The Bertz CT molecular complexity index is 1810. The number of allylic oxidation sites excluding steroid dienone is 1. The van der Waals surface area contributed by atoms with Gasteiger partial charge in [0.05, 0.1) is 33.5 Å². The van der Waals surface area contributed by atoms with E-state index in [4.69, 9.17) is 0 Å². The van der Waals surface area contributed by atoms with Gasteiger partial charge in [-0.25, -0.2) is 17.6 Å². The number of aromatic nitrogens is 4. The summed E-state index contributed by atoms with van der Waals surface area (Å²) in [4.78, 5) is 19.3. The van der Waals surface area contributed by atoms with Crippen molar-refractivity contribution < 1.29 is 26.6 Å². The number of halogens is 4. The molecule has 4 aromatic rings. The summed E-state index contributed by atoms with van der Waals surface area (Å²) in [5.41, 5.74) is 0.556. The second kappa shape index (κ2) is 10.6.